The number of aryl methyl sites for hydroxylation is 1. The van der Waals surface area contributed by atoms with Crippen molar-refractivity contribution in [3.63, 3.8) is 0 Å². The first-order chi connectivity index (χ1) is 11.9. The van der Waals surface area contributed by atoms with Gasteiger partial charge in [0.25, 0.3) is 11.5 Å². The number of halogens is 2. The summed E-state index contributed by atoms with van der Waals surface area (Å²) in [6.45, 7) is 1.86. The van der Waals surface area contributed by atoms with Gasteiger partial charge in [-0.3, -0.25) is 14.4 Å². The fourth-order valence-electron chi connectivity index (χ4n) is 2.04. The molecule has 134 valence electrons. The van der Waals surface area contributed by atoms with E-state index in [2.05, 4.69) is 10.8 Å². The van der Waals surface area contributed by atoms with Gasteiger partial charge in [0.05, 0.1) is 23.5 Å². The molecule has 2 rings (SSSR count). The van der Waals surface area contributed by atoms with Crippen molar-refractivity contribution in [2.45, 2.75) is 11.8 Å². The molecule has 0 radical (unpaired) electrons. The summed E-state index contributed by atoms with van der Waals surface area (Å²) in [5, 5.41) is 2.50. The average molecular weight is 369 g/mol. The second kappa shape index (κ2) is 8.13. The van der Waals surface area contributed by atoms with E-state index in [1.165, 1.54) is 30.9 Å². The van der Waals surface area contributed by atoms with Crippen molar-refractivity contribution in [3.05, 3.63) is 51.9 Å². The van der Waals surface area contributed by atoms with E-state index in [-0.39, 0.29) is 17.9 Å². The van der Waals surface area contributed by atoms with Crippen molar-refractivity contribution in [1.82, 2.24) is 10.0 Å². The molecule has 0 aliphatic rings. The van der Waals surface area contributed by atoms with Crippen LogP contribution in [0.1, 0.15) is 17.3 Å². The molecular formula is C16H17F2N3O3S. The lowest BCUT2D eigenvalue weighted by atomic mass is 10.2. The fraction of sp³-hybridized carbons (Fsp3) is 0.250. The number of thioether (sulfide) groups is 1. The van der Waals surface area contributed by atoms with Gasteiger partial charge in [-0.05, 0) is 31.4 Å². The van der Waals surface area contributed by atoms with Gasteiger partial charge in [-0.2, -0.15) is 4.39 Å². The van der Waals surface area contributed by atoms with E-state index in [1.54, 1.807) is 19.2 Å². The molecule has 1 heterocycles. The molecule has 0 atom stereocenters. The van der Waals surface area contributed by atoms with E-state index in [0.29, 0.717) is 4.90 Å². The molecule has 1 amide bonds. The molecule has 0 aliphatic heterocycles. The maximum Gasteiger partial charge on any atom is 0.288 e. The highest BCUT2D eigenvalue weighted by molar-refractivity contribution is 7.98. The van der Waals surface area contributed by atoms with Gasteiger partial charge in [-0.1, -0.05) is 0 Å². The second-order valence-electron chi connectivity index (χ2n) is 4.98. The summed E-state index contributed by atoms with van der Waals surface area (Å²) >= 11 is 1.35. The number of hydrogen-bond acceptors (Lipinski definition) is 5. The molecule has 2 aromatic rings. The standard InChI is InChI=1S/C16H17F2N3O3S/c1-4-24-20-15(22)10-8-21(2)16(23)13(18)14(10)19-12-6-5-9(25-3)7-11(12)17/h5-8,19H,4H2,1-3H3,(H,20,22). The molecule has 0 aliphatic carbocycles. The smallest absolute Gasteiger partial charge is 0.288 e. The highest BCUT2D eigenvalue weighted by Crippen LogP contribution is 2.27. The van der Waals surface area contributed by atoms with E-state index in [0.717, 1.165) is 10.8 Å². The Morgan fingerprint density at radius 1 is 1.36 bits per heavy atom. The van der Waals surface area contributed by atoms with Crippen molar-refractivity contribution in [3.8, 4) is 0 Å². The number of pyridine rings is 1. The monoisotopic (exact) mass is 369 g/mol. The summed E-state index contributed by atoms with van der Waals surface area (Å²) in [7, 11) is 1.31. The van der Waals surface area contributed by atoms with Crippen molar-refractivity contribution < 1.29 is 18.4 Å². The number of hydrogen-bond donors (Lipinski definition) is 2. The number of carbonyl (C=O) groups excluding carboxylic acids is 1. The van der Waals surface area contributed by atoms with Crippen LogP contribution in [0.3, 0.4) is 0 Å². The summed E-state index contributed by atoms with van der Waals surface area (Å²) in [6.07, 6.45) is 2.94. The summed E-state index contributed by atoms with van der Waals surface area (Å²) in [5.41, 5.74) is 0.503. The minimum absolute atomic E-state index is 0.0598. The second-order valence-corrected chi connectivity index (χ2v) is 5.86. The third kappa shape index (κ3) is 4.18. The van der Waals surface area contributed by atoms with Crippen LogP contribution < -0.4 is 16.4 Å². The number of nitrogens with one attached hydrogen (secondary N) is 2. The zero-order valence-electron chi connectivity index (χ0n) is 13.9. The lowest BCUT2D eigenvalue weighted by molar-refractivity contribution is 0.0364. The minimum atomic E-state index is -1.19. The fourth-order valence-corrected chi connectivity index (χ4v) is 2.47. The molecule has 0 saturated heterocycles. The molecule has 1 aromatic heterocycles. The Morgan fingerprint density at radius 2 is 2.08 bits per heavy atom. The number of nitrogens with zero attached hydrogens (tertiary/aromatic N) is 1. The zero-order valence-corrected chi connectivity index (χ0v) is 14.7. The minimum Gasteiger partial charge on any atom is -0.350 e. The Bertz CT molecular complexity index is 855. The van der Waals surface area contributed by atoms with E-state index in [9.17, 15) is 18.4 Å². The molecule has 25 heavy (non-hydrogen) atoms. The average Bonchev–Trinajstić information content (AvgIpc) is 2.61. The van der Waals surface area contributed by atoms with Crippen LogP contribution in [0.4, 0.5) is 20.2 Å². The maximum atomic E-state index is 14.4. The Morgan fingerprint density at radius 3 is 2.68 bits per heavy atom. The van der Waals surface area contributed by atoms with Crippen molar-refractivity contribution >= 4 is 29.0 Å². The van der Waals surface area contributed by atoms with Crippen LogP contribution in [-0.4, -0.2) is 23.3 Å². The topological polar surface area (TPSA) is 72.4 Å². The van der Waals surface area contributed by atoms with Gasteiger partial charge in [0, 0.05) is 18.1 Å². The first kappa shape index (κ1) is 18.9. The van der Waals surface area contributed by atoms with Crippen LogP contribution >= 0.6 is 11.8 Å². The van der Waals surface area contributed by atoms with Crippen molar-refractivity contribution in [1.29, 1.82) is 0 Å². The van der Waals surface area contributed by atoms with E-state index in [1.807, 2.05) is 0 Å². The van der Waals surface area contributed by atoms with Crippen LogP contribution in [0.15, 0.2) is 34.1 Å². The normalized spacial score (nSPS) is 10.6. The maximum absolute atomic E-state index is 14.4. The molecule has 0 fully saturated rings. The molecule has 1 aromatic carbocycles. The van der Waals surface area contributed by atoms with Crippen LogP contribution in [0.5, 0.6) is 0 Å². The molecule has 0 spiro atoms. The third-order valence-electron chi connectivity index (χ3n) is 3.31. The van der Waals surface area contributed by atoms with Crippen LogP contribution in [0.2, 0.25) is 0 Å². The highest BCUT2D eigenvalue weighted by atomic mass is 32.2. The number of benzene rings is 1. The van der Waals surface area contributed by atoms with Gasteiger partial charge >= 0.3 is 0 Å². The molecule has 0 bridgehead atoms. The van der Waals surface area contributed by atoms with E-state index < -0.39 is 28.8 Å². The van der Waals surface area contributed by atoms with E-state index in [4.69, 9.17) is 4.84 Å². The Hall–Kier alpha value is -2.39. The third-order valence-corrected chi connectivity index (χ3v) is 4.03. The van der Waals surface area contributed by atoms with Gasteiger partial charge in [-0.15, -0.1) is 11.8 Å². The predicted molar refractivity (Wildman–Crippen MR) is 92.2 cm³/mol. The number of rotatable bonds is 6. The van der Waals surface area contributed by atoms with Crippen LogP contribution in [0.25, 0.3) is 0 Å². The lowest BCUT2D eigenvalue weighted by Crippen LogP contribution is -2.29. The van der Waals surface area contributed by atoms with Gasteiger partial charge in [0.15, 0.2) is 0 Å². The van der Waals surface area contributed by atoms with Gasteiger partial charge in [-0.25, -0.2) is 9.87 Å². The number of carbonyl (C=O) groups is 1. The highest BCUT2D eigenvalue weighted by Gasteiger charge is 2.21. The zero-order chi connectivity index (χ0) is 18.6. The molecule has 0 unspecified atom stereocenters. The van der Waals surface area contributed by atoms with Gasteiger partial charge < -0.3 is 9.88 Å². The lowest BCUT2D eigenvalue weighted by Gasteiger charge is -2.15. The predicted octanol–water partition coefficient (Wildman–Crippen LogP) is 2.81. The quantitative estimate of drug-likeness (QED) is 0.605. The summed E-state index contributed by atoms with van der Waals surface area (Å²) in [4.78, 5) is 29.5. The number of amides is 1. The molecule has 0 saturated carbocycles. The number of anilines is 2. The molecular weight excluding hydrogens is 352 g/mol. The Kier molecular flexibility index (Phi) is 6.16. The van der Waals surface area contributed by atoms with Crippen LogP contribution in [-0.2, 0) is 11.9 Å². The van der Waals surface area contributed by atoms with Crippen molar-refractivity contribution in [2.75, 3.05) is 18.2 Å². The summed E-state index contributed by atoms with van der Waals surface area (Å²) in [6, 6.07) is 4.31. The summed E-state index contributed by atoms with van der Waals surface area (Å²) < 4.78 is 29.5. The first-order valence-electron chi connectivity index (χ1n) is 7.30. The Balaban J connectivity index is 2.50. The molecule has 6 nitrogen and oxygen atoms in total. The SMILES string of the molecule is CCONC(=O)c1cn(C)c(=O)c(F)c1Nc1ccc(SC)cc1F. The Labute approximate surface area is 147 Å². The molecule has 2 N–H and O–H groups in total. The van der Waals surface area contributed by atoms with Gasteiger partial charge in [0.2, 0.25) is 5.82 Å². The van der Waals surface area contributed by atoms with Gasteiger partial charge in [0.1, 0.15) is 5.82 Å². The summed E-state index contributed by atoms with van der Waals surface area (Å²) in [5.74, 6) is -2.59. The number of hydroxylamine groups is 1. The van der Waals surface area contributed by atoms with E-state index >= 15 is 0 Å². The molecule has 9 heteroatoms. The number of aromatic nitrogens is 1. The largest absolute Gasteiger partial charge is 0.350 e. The van der Waals surface area contributed by atoms with Crippen LogP contribution in [0, 0.1) is 11.6 Å². The first-order valence-corrected chi connectivity index (χ1v) is 8.53. The van der Waals surface area contributed by atoms with Crippen molar-refractivity contribution in [2.24, 2.45) is 7.05 Å².